The number of para-hydroxylation sites is 3. The summed E-state index contributed by atoms with van der Waals surface area (Å²) < 4.78 is 18.9. The van der Waals surface area contributed by atoms with Gasteiger partial charge >= 0.3 is 21.7 Å². The first-order chi connectivity index (χ1) is 15.7. The van der Waals surface area contributed by atoms with E-state index >= 15 is 0 Å². The molecule has 6 nitrogen and oxygen atoms in total. The van der Waals surface area contributed by atoms with E-state index in [2.05, 4.69) is 9.80 Å². The van der Waals surface area contributed by atoms with Crippen molar-refractivity contribution >= 4 is 0 Å². The van der Waals surface area contributed by atoms with Crippen LogP contribution in [0.3, 0.4) is 0 Å². The van der Waals surface area contributed by atoms with Crippen molar-refractivity contribution in [2.24, 2.45) is 0 Å². The van der Waals surface area contributed by atoms with E-state index in [0.717, 1.165) is 17.2 Å². The van der Waals surface area contributed by atoms with Crippen LogP contribution in [0.2, 0.25) is 0 Å². The van der Waals surface area contributed by atoms with Crippen molar-refractivity contribution in [3.05, 3.63) is 96.3 Å². The Bertz CT molecular complexity index is 948. The third kappa shape index (κ3) is 10.5. The van der Waals surface area contributed by atoms with Gasteiger partial charge < -0.3 is 56.7 Å². The SMILES string of the molecule is CN1CC(Oc2ccccc2)[N-]CC(Oc2ccccc2)N(C)CC1Oc1ccccc1.[Cl-].[Cl-].[Cl-].[Ti+4]. The predicted octanol–water partition coefficient (Wildman–Crippen LogP) is -4.54. The van der Waals surface area contributed by atoms with Crippen LogP contribution in [-0.2, 0) is 21.7 Å². The number of rotatable bonds is 6. The van der Waals surface area contributed by atoms with Crippen LogP contribution in [0.25, 0.3) is 5.32 Å². The number of likely N-dealkylation sites (N-methyl/N-ethyl adjacent to an activating group) is 2. The monoisotopic (exact) mass is 585 g/mol. The molecule has 36 heavy (non-hydrogen) atoms. The third-order valence-corrected chi connectivity index (χ3v) is 5.38. The fraction of sp³-hybridized carbons (Fsp3) is 0.308. The second-order valence-corrected chi connectivity index (χ2v) is 7.90. The van der Waals surface area contributed by atoms with Crippen LogP contribution >= 0.6 is 0 Å². The summed E-state index contributed by atoms with van der Waals surface area (Å²) in [6, 6.07) is 29.5. The molecule has 0 bridgehead atoms. The van der Waals surface area contributed by atoms with Crippen LogP contribution in [0.15, 0.2) is 91.0 Å². The van der Waals surface area contributed by atoms with Crippen molar-refractivity contribution in [2.75, 3.05) is 33.7 Å². The summed E-state index contributed by atoms with van der Waals surface area (Å²) in [6.07, 6.45) is -0.787. The van der Waals surface area contributed by atoms with Crippen LogP contribution in [0, 0.1) is 0 Å². The minimum Gasteiger partial charge on any atom is -1.00 e. The molecule has 4 rings (SSSR count). The zero-order chi connectivity index (χ0) is 22.2. The van der Waals surface area contributed by atoms with Crippen molar-refractivity contribution in [3.8, 4) is 17.2 Å². The molecule has 1 aliphatic heterocycles. The van der Waals surface area contributed by atoms with E-state index < -0.39 is 0 Å². The first kappa shape index (κ1) is 34.5. The van der Waals surface area contributed by atoms with Gasteiger partial charge in [-0.05, 0) is 50.5 Å². The molecule has 0 amide bonds. The van der Waals surface area contributed by atoms with Gasteiger partial charge in [-0.25, -0.2) is 0 Å². The summed E-state index contributed by atoms with van der Waals surface area (Å²) in [5, 5.41) is 4.87. The zero-order valence-corrected chi connectivity index (χ0v) is 24.0. The molecule has 0 spiro atoms. The van der Waals surface area contributed by atoms with Gasteiger partial charge in [-0.2, -0.15) is 0 Å². The molecule has 0 aromatic heterocycles. The fourth-order valence-corrected chi connectivity index (χ4v) is 3.57. The molecular weight excluding hydrogens is 557 g/mol. The molecule has 0 saturated carbocycles. The van der Waals surface area contributed by atoms with E-state index in [9.17, 15) is 0 Å². The smallest absolute Gasteiger partial charge is 1.00 e. The van der Waals surface area contributed by atoms with Gasteiger partial charge in [0.15, 0.2) is 6.23 Å². The molecule has 3 atom stereocenters. The molecule has 3 aromatic rings. The number of hydrogen-bond acceptors (Lipinski definition) is 5. The van der Waals surface area contributed by atoms with Gasteiger partial charge in [0.05, 0.1) is 6.54 Å². The average Bonchev–Trinajstić information content (AvgIpc) is 2.87. The molecular formula is C26H30Cl3N3O3Ti. The number of halogens is 3. The molecule has 1 aliphatic rings. The van der Waals surface area contributed by atoms with Crippen LogP contribution < -0.4 is 51.4 Å². The minimum absolute atomic E-state index is 0. The van der Waals surface area contributed by atoms with Gasteiger partial charge in [0.25, 0.3) is 0 Å². The average molecular weight is 587 g/mol. The molecule has 192 valence electrons. The van der Waals surface area contributed by atoms with Crippen molar-refractivity contribution in [1.29, 1.82) is 0 Å². The van der Waals surface area contributed by atoms with E-state index in [1.807, 2.05) is 105 Å². The maximum Gasteiger partial charge on any atom is 4.00 e. The number of ether oxygens (including phenoxy) is 3. The molecule has 3 aromatic carbocycles. The molecule has 0 N–H and O–H groups in total. The predicted molar refractivity (Wildman–Crippen MR) is 126 cm³/mol. The van der Waals surface area contributed by atoms with E-state index in [0.29, 0.717) is 19.6 Å². The first-order valence-corrected chi connectivity index (χ1v) is 10.9. The summed E-state index contributed by atoms with van der Waals surface area (Å²) in [7, 11) is 4.08. The van der Waals surface area contributed by atoms with Crippen LogP contribution in [-0.4, -0.2) is 62.2 Å². The second kappa shape index (κ2) is 17.9. The molecule has 1 saturated heterocycles. The Hall–Kier alpha value is -1.48. The minimum atomic E-state index is -0.349. The second-order valence-electron chi connectivity index (χ2n) is 7.90. The Morgan fingerprint density at radius 2 is 0.972 bits per heavy atom. The molecule has 10 heteroatoms. The Morgan fingerprint density at radius 3 is 1.44 bits per heavy atom. The van der Waals surface area contributed by atoms with Crippen molar-refractivity contribution < 1.29 is 73.1 Å². The summed E-state index contributed by atoms with van der Waals surface area (Å²) in [6.45, 7) is 1.73. The summed E-state index contributed by atoms with van der Waals surface area (Å²) in [4.78, 5) is 4.29. The van der Waals surface area contributed by atoms with E-state index in [1.54, 1.807) is 0 Å². The topological polar surface area (TPSA) is 48.3 Å². The van der Waals surface area contributed by atoms with E-state index in [-0.39, 0.29) is 77.6 Å². The molecule has 1 fully saturated rings. The molecule has 0 radical (unpaired) electrons. The van der Waals surface area contributed by atoms with Gasteiger partial charge in [0, 0.05) is 12.8 Å². The Kier molecular flexibility index (Phi) is 17.2. The van der Waals surface area contributed by atoms with Gasteiger partial charge in [-0.3, -0.25) is 9.80 Å². The zero-order valence-electron chi connectivity index (χ0n) is 20.2. The summed E-state index contributed by atoms with van der Waals surface area (Å²) >= 11 is 0. The number of hydrogen-bond donors (Lipinski definition) is 0. The summed E-state index contributed by atoms with van der Waals surface area (Å²) in [5.41, 5.74) is 0. The van der Waals surface area contributed by atoms with Gasteiger partial charge in [0.2, 0.25) is 0 Å². The third-order valence-electron chi connectivity index (χ3n) is 5.38. The number of benzene rings is 3. The Balaban J connectivity index is 0.00000306. The molecule has 3 unspecified atom stereocenters. The van der Waals surface area contributed by atoms with Crippen LogP contribution in [0.5, 0.6) is 17.2 Å². The van der Waals surface area contributed by atoms with E-state index in [1.165, 1.54) is 0 Å². The first-order valence-electron chi connectivity index (χ1n) is 10.9. The van der Waals surface area contributed by atoms with Crippen LogP contribution in [0.1, 0.15) is 0 Å². The van der Waals surface area contributed by atoms with Gasteiger partial charge in [-0.15, -0.1) is 0 Å². The standard InChI is InChI=1S/C26H30N3O3.3ClH.Ti/c1-28-19-24(30-21-12-6-3-7-13-21)27-18-25(31-22-14-8-4-9-15-22)29(2)20-26(28)32-23-16-10-5-11-17-23;;;;/h3-17,24-26H,18-20H2,1-2H3;3*1H;/q-1;;;;+4/p-3. The Morgan fingerprint density at radius 1 is 0.583 bits per heavy atom. The molecule has 0 aliphatic carbocycles. The quantitative estimate of drug-likeness (QED) is 0.273. The van der Waals surface area contributed by atoms with Gasteiger partial charge in [0.1, 0.15) is 23.5 Å². The fourth-order valence-electron chi connectivity index (χ4n) is 3.57. The largest absolute Gasteiger partial charge is 4.00 e. The summed E-state index contributed by atoms with van der Waals surface area (Å²) in [5.74, 6) is 2.44. The molecule has 1 heterocycles. The van der Waals surface area contributed by atoms with E-state index in [4.69, 9.17) is 19.5 Å². The number of nitrogens with zero attached hydrogens (tertiary/aromatic N) is 3. The van der Waals surface area contributed by atoms with Gasteiger partial charge in [-0.1, -0.05) is 61.1 Å². The van der Waals surface area contributed by atoms with Crippen molar-refractivity contribution in [2.45, 2.75) is 18.7 Å². The Labute approximate surface area is 247 Å². The van der Waals surface area contributed by atoms with Crippen LogP contribution in [0.4, 0.5) is 0 Å². The maximum atomic E-state index is 6.36. The van der Waals surface area contributed by atoms with Crippen molar-refractivity contribution in [3.63, 3.8) is 0 Å². The van der Waals surface area contributed by atoms with Crippen molar-refractivity contribution in [1.82, 2.24) is 9.80 Å². The normalized spacial score (nSPS) is 20.3. The maximum absolute atomic E-state index is 6.36.